The number of amides is 1. The molecule has 1 aliphatic rings. The van der Waals surface area contributed by atoms with E-state index in [2.05, 4.69) is 10.2 Å². The highest BCUT2D eigenvalue weighted by Gasteiger charge is 2.22. The number of carbonyl (C=O) groups is 1. The molecule has 0 bridgehead atoms. The number of hydrogen-bond donors (Lipinski definition) is 1. The van der Waals surface area contributed by atoms with E-state index in [4.69, 9.17) is 17.0 Å². The Balaban J connectivity index is 1.56. The minimum Gasteiger partial charge on any atom is -0.495 e. The van der Waals surface area contributed by atoms with Gasteiger partial charge in [0.2, 0.25) is 0 Å². The fourth-order valence-electron chi connectivity index (χ4n) is 3.02. The third-order valence-corrected chi connectivity index (χ3v) is 4.91. The van der Waals surface area contributed by atoms with E-state index in [1.54, 1.807) is 7.11 Å². The maximum Gasteiger partial charge on any atom is 0.269 e. The summed E-state index contributed by atoms with van der Waals surface area (Å²) in [5.74, 6) is 0.442. The Morgan fingerprint density at radius 3 is 2.36 bits per heavy atom. The summed E-state index contributed by atoms with van der Waals surface area (Å²) >= 11 is 5.36. The van der Waals surface area contributed by atoms with Crippen molar-refractivity contribution < 1.29 is 14.5 Å². The first-order chi connectivity index (χ1) is 13.5. The van der Waals surface area contributed by atoms with E-state index in [0.29, 0.717) is 23.8 Å². The molecular weight excluding hydrogens is 380 g/mol. The van der Waals surface area contributed by atoms with E-state index >= 15 is 0 Å². The van der Waals surface area contributed by atoms with Crippen LogP contribution < -0.4 is 15.0 Å². The first kappa shape index (κ1) is 19.6. The van der Waals surface area contributed by atoms with Gasteiger partial charge < -0.3 is 14.5 Å². The molecule has 0 unspecified atom stereocenters. The molecule has 0 radical (unpaired) electrons. The summed E-state index contributed by atoms with van der Waals surface area (Å²) in [7, 11) is 1.65. The summed E-state index contributed by atoms with van der Waals surface area (Å²) in [5.41, 5.74) is 1.29. The maximum absolute atomic E-state index is 12.3. The van der Waals surface area contributed by atoms with Crippen LogP contribution in [0.3, 0.4) is 0 Å². The van der Waals surface area contributed by atoms with Gasteiger partial charge in [-0.3, -0.25) is 20.2 Å². The van der Waals surface area contributed by atoms with E-state index in [-0.39, 0.29) is 11.6 Å². The Labute approximate surface area is 167 Å². The molecule has 0 saturated carbocycles. The van der Waals surface area contributed by atoms with Gasteiger partial charge in [0.1, 0.15) is 5.75 Å². The van der Waals surface area contributed by atoms with Gasteiger partial charge in [-0.15, -0.1) is 0 Å². The highest BCUT2D eigenvalue weighted by atomic mass is 32.1. The van der Waals surface area contributed by atoms with Gasteiger partial charge in [-0.25, -0.2) is 0 Å². The highest BCUT2D eigenvalue weighted by Crippen LogP contribution is 2.28. The topological polar surface area (TPSA) is 88.0 Å². The summed E-state index contributed by atoms with van der Waals surface area (Å²) in [6.07, 6.45) is 0. The third-order valence-electron chi connectivity index (χ3n) is 4.55. The normalized spacial score (nSPS) is 13.8. The summed E-state index contributed by atoms with van der Waals surface area (Å²) < 4.78 is 5.42. The number of nitro benzene ring substituents is 1. The van der Waals surface area contributed by atoms with Gasteiger partial charge in [-0.2, -0.15) is 0 Å². The molecule has 1 saturated heterocycles. The van der Waals surface area contributed by atoms with E-state index in [9.17, 15) is 14.9 Å². The molecule has 0 aromatic heterocycles. The van der Waals surface area contributed by atoms with E-state index in [1.807, 2.05) is 29.2 Å². The van der Waals surface area contributed by atoms with Gasteiger partial charge in [0.05, 0.1) is 17.7 Å². The highest BCUT2D eigenvalue weighted by molar-refractivity contribution is 7.80. The number of nitro groups is 1. The van der Waals surface area contributed by atoms with Crippen LogP contribution in [0.1, 0.15) is 10.4 Å². The summed E-state index contributed by atoms with van der Waals surface area (Å²) in [6.45, 7) is 2.82. The zero-order valence-electron chi connectivity index (χ0n) is 15.3. The molecular formula is C19H20N4O4S. The van der Waals surface area contributed by atoms with Crippen LogP contribution >= 0.6 is 12.2 Å². The number of carbonyl (C=O) groups excluding carboxylic acids is 1. The molecule has 3 rings (SSSR count). The van der Waals surface area contributed by atoms with Crippen LogP contribution in [0.25, 0.3) is 0 Å². The van der Waals surface area contributed by atoms with Crippen LogP contribution in [0.5, 0.6) is 5.75 Å². The molecule has 0 aliphatic carbocycles. The number of ether oxygens (including phenoxy) is 1. The van der Waals surface area contributed by atoms with Crippen molar-refractivity contribution in [2.24, 2.45) is 0 Å². The van der Waals surface area contributed by atoms with E-state index in [1.165, 1.54) is 24.3 Å². The Morgan fingerprint density at radius 2 is 1.75 bits per heavy atom. The number of nitrogens with zero attached hydrogens (tertiary/aromatic N) is 3. The Morgan fingerprint density at radius 1 is 1.11 bits per heavy atom. The molecule has 146 valence electrons. The quantitative estimate of drug-likeness (QED) is 0.479. The molecule has 0 spiro atoms. The number of non-ortho nitro benzene ring substituents is 1. The molecule has 1 heterocycles. The third kappa shape index (κ3) is 4.37. The molecule has 1 aliphatic heterocycles. The number of benzene rings is 2. The Hall–Kier alpha value is -3.20. The number of piperazine rings is 1. The molecule has 8 nitrogen and oxygen atoms in total. The van der Waals surface area contributed by atoms with Crippen molar-refractivity contribution in [3.63, 3.8) is 0 Å². The average molecular weight is 400 g/mol. The Kier molecular flexibility index (Phi) is 6.05. The lowest BCUT2D eigenvalue weighted by Crippen LogP contribution is -2.52. The lowest BCUT2D eigenvalue weighted by Gasteiger charge is -2.37. The zero-order chi connectivity index (χ0) is 20.1. The predicted molar refractivity (Wildman–Crippen MR) is 110 cm³/mol. The van der Waals surface area contributed by atoms with Crippen molar-refractivity contribution in [2.75, 3.05) is 38.2 Å². The summed E-state index contributed by atoms with van der Waals surface area (Å²) in [6, 6.07) is 13.3. The molecule has 9 heteroatoms. The van der Waals surface area contributed by atoms with Gasteiger partial charge in [0.15, 0.2) is 5.11 Å². The standard InChI is InChI=1S/C19H20N4O4S/c1-27-17-5-3-2-4-16(17)21-10-12-22(13-11-21)19(28)20-18(24)14-6-8-15(9-7-14)23(25)26/h2-9H,10-13H2,1H3,(H,20,24,28). The van der Waals surface area contributed by atoms with Crippen molar-refractivity contribution in [3.8, 4) is 5.75 Å². The monoisotopic (exact) mass is 400 g/mol. The van der Waals surface area contributed by atoms with Crippen LogP contribution in [0.15, 0.2) is 48.5 Å². The number of rotatable bonds is 4. The molecule has 1 amide bonds. The second-order valence-electron chi connectivity index (χ2n) is 6.21. The van der Waals surface area contributed by atoms with Crippen LogP contribution in [-0.2, 0) is 0 Å². The maximum atomic E-state index is 12.3. The first-order valence-electron chi connectivity index (χ1n) is 8.72. The van der Waals surface area contributed by atoms with Crippen molar-refractivity contribution >= 4 is 34.6 Å². The van der Waals surface area contributed by atoms with E-state index < -0.39 is 4.92 Å². The molecule has 1 fully saturated rings. The summed E-state index contributed by atoms with van der Waals surface area (Å²) in [5, 5.41) is 13.7. The number of nitrogens with one attached hydrogen (secondary N) is 1. The van der Waals surface area contributed by atoms with E-state index in [0.717, 1.165) is 24.5 Å². The number of methoxy groups -OCH3 is 1. The molecule has 1 N–H and O–H groups in total. The molecule has 2 aromatic rings. The number of hydrogen-bond acceptors (Lipinski definition) is 6. The van der Waals surface area contributed by atoms with Gasteiger partial charge in [0.25, 0.3) is 11.6 Å². The minimum atomic E-state index is -0.506. The van der Waals surface area contributed by atoms with Crippen molar-refractivity contribution in [3.05, 3.63) is 64.2 Å². The van der Waals surface area contributed by atoms with Crippen LogP contribution in [0, 0.1) is 10.1 Å². The number of thiocarbonyl (C=S) groups is 1. The van der Waals surface area contributed by atoms with Crippen LogP contribution in [0.2, 0.25) is 0 Å². The fourth-order valence-corrected chi connectivity index (χ4v) is 3.30. The first-order valence-corrected chi connectivity index (χ1v) is 9.13. The molecule has 2 aromatic carbocycles. The fraction of sp³-hybridized carbons (Fsp3) is 0.263. The van der Waals surface area contributed by atoms with Crippen molar-refractivity contribution in [1.29, 1.82) is 0 Å². The SMILES string of the molecule is COc1ccccc1N1CCN(C(=S)NC(=O)c2ccc([N+](=O)[O-])cc2)CC1. The van der Waals surface area contributed by atoms with Gasteiger partial charge in [-0.05, 0) is 36.5 Å². The minimum absolute atomic E-state index is 0.0633. The lowest BCUT2D eigenvalue weighted by molar-refractivity contribution is -0.384. The average Bonchev–Trinajstić information content (AvgIpc) is 2.73. The lowest BCUT2D eigenvalue weighted by atomic mass is 10.2. The Bertz CT molecular complexity index is 880. The molecule has 28 heavy (non-hydrogen) atoms. The van der Waals surface area contributed by atoms with Gasteiger partial charge in [0, 0.05) is 43.9 Å². The second-order valence-corrected chi connectivity index (χ2v) is 6.60. The number of para-hydroxylation sites is 2. The van der Waals surface area contributed by atoms with Crippen LogP contribution in [0.4, 0.5) is 11.4 Å². The van der Waals surface area contributed by atoms with Crippen molar-refractivity contribution in [1.82, 2.24) is 10.2 Å². The van der Waals surface area contributed by atoms with Gasteiger partial charge in [-0.1, -0.05) is 12.1 Å². The molecule has 0 atom stereocenters. The number of anilines is 1. The smallest absolute Gasteiger partial charge is 0.269 e. The largest absolute Gasteiger partial charge is 0.495 e. The summed E-state index contributed by atoms with van der Waals surface area (Å²) in [4.78, 5) is 26.7. The predicted octanol–water partition coefficient (Wildman–Crippen LogP) is 2.44. The van der Waals surface area contributed by atoms with Gasteiger partial charge >= 0.3 is 0 Å². The van der Waals surface area contributed by atoms with Crippen molar-refractivity contribution in [2.45, 2.75) is 0 Å². The van der Waals surface area contributed by atoms with Crippen LogP contribution in [-0.4, -0.2) is 54.1 Å². The second kappa shape index (κ2) is 8.66. The zero-order valence-corrected chi connectivity index (χ0v) is 16.1.